The maximum Gasteiger partial charge on any atom is 0.258 e. The Morgan fingerprint density at radius 3 is 2.62 bits per heavy atom. The van der Waals surface area contributed by atoms with E-state index in [9.17, 15) is 13.2 Å². The first-order chi connectivity index (χ1) is 9.77. The lowest BCUT2D eigenvalue weighted by Gasteiger charge is -2.08. The first kappa shape index (κ1) is 15.5. The molecular formula is C14H13ClN2O3S. The maximum absolute atomic E-state index is 12.1. The van der Waals surface area contributed by atoms with Crippen LogP contribution in [-0.2, 0) is 9.84 Å². The molecule has 0 atom stereocenters. The molecular weight excluding hydrogens is 312 g/mol. The van der Waals surface area contributed by atoms with E-state index in [1.807, 2.05) is 0 Å². The van der Waals surface area contributed by atoms with E-state index in [1.54, 1.807) is 25.1 Å². The summed E-state index contributed by atoms with van der Waals surface area (Å²) in [5.41, 5.74) is 1.31. The summed E-state index contributed by atoms with van der Waals surface area (Å²) in [4.78, 5) is 16.3. The van der Waals surface area contributed by atoms with Crippen LogP contribution in [-0.4, -0.2) is 25.6 Å². The number of rotatable bonds is 3. The van der Waals surface area contributed by atoms with Gasteiger partial charge >= 0.3 is 0 Å². The molecule has 1 amide bonds. The molecule has 0 saturated heterocycles. The van der Waals surface area contributed by atoms with Crippen molar-refractivity contribution in [3.8, 4) is 0 Å². The number of anilines is 1. The van der Waals surface area contributed by atoms with Gasteiger partial charge in [-0.1, -0.05) is 17.7 Å². The van der Waals surface area contributed by atoms with E-state index in [2.05, 4.69) is 10.3 Å². The van der Waals surface area contributed by atoms with Crippen LogP contribution in [0.3, 0.4) is 0 Å². The molecule has 1 aromatic heterocycles. The van der Waals surface area contributed by atoms with Crippen LogP contribution >= 0.6 is 11.6 Å². The van der Waals surface area contributed by atoms with Crippen LogP contribution in [0.2, 0.25) is 5.02 Å². The highest BCUT2D eigenvalue weighted by atomic mass is 35.5. The molecule has 0 aliphatic rings. The van der Waals surface area contributed by atoms with Gasteiger partial charge in [0.15, 0.2) is 9.84 Å². The van der Waals surface area contributed by atoms with E-state index in [0.29, 0.717) is 16.4 Å². The minimum Gasteiger partial charge on any atom is -0.322 e. The van der Waals surface area contributed by atoms with Gasteiger partial charge in [0, 0.05) is 23.8 Å². The minimum atomic E-state index is -3.33. The summed E-state index contributed by atoms with van der Waals surface area (Å²) in [6, 6.07) is 7.60. The number of nitrogens with zero attached hydrogens (tertiary/aromatic N) is 1. The van der Waals surface area contributed by atoms with Crippen LogP contribution in [0, 0.1) is 6.92 Å². The third-order valence-electron chi connectivity index (χ3n) is 2.75. The molecule has 0 spiro atoms. The van der Waals surface area contributed by atoms with Crippen molar-refractivity contribution in [3.05, 3.63) is 52.8 Å². The summed E-state index contributed by atoms with van der Waals surface area (Å²) in [7, 11) is -3.33. The summed E-state index contributed by atoms with van der Waals surface area (Å²) in [5, 5.41) is 2.89. The van der Waals surface area contributed by atoms with Crippen LogP contribution in [0.5, 0.6) is 0 Å². The minimum absolute atomic E-state index is 0.133. The van der Waals surface area contributed by atoms with Gasteiger partial charge in [0.1, 0.15) is 0 Å². The second kappa shape index (κ2) is 5.83. The molecule has 2 rings (SSSR count). The molecule has 2 aromatic rings. The van der Waals surface area contributed by atoms with Gasteiger partial charge in [-0.2, -0.15) is 0 Å². The third-order valence-corrected chi connectivity index (χ3v) is 4.18. The van der Waals surface area contributed by atoms with E-state index in [-0.39, 0.29) is 10.5 Å². The number of hydrogen-bond acceptors (Lipinski definition) is 4. The number of carbonyl (C=O) groups is 1. The quantitative estimate of drug-likeness (QED) is 0.941. The molecule has 0 aliphatic heterocycles. The number of benzene rings is 1. The average molecular weight is 325 g/mol. The van der Waals surface area contributed by atoms with E-state index >= 15 is 0 Å². The zero-order chi connectivity index (χ0) is 15.6. The predicted molar refractivity (Wildman–Crippen MR) is 81.5 cm³/mol. The zero-order valence-corrected chi connectivity index (χ0v) is 13.0. The summed E-state index contributed by atoms with van der Waals surface area (Å²) in [6.45, 7) is 1.77. The Morgan fingerprint density at radius 1 is 1.29 bits per heavy atom. The molecule has 0 aliphatic carbocycles. The molecule has 5 nitrogen and oxygen atoms in total. The summed E-state index contributed by atoms with van der Waals surface area (Å²) in [5.74, 6) is -0.446. The smallest absolute Gasteiger partial charge is 0.258 e. The van der Waals surface area contributed by atoms with Gasteiger partial charge in [0.2, 0.25) is 0 Å². The van der Waals surface area contributed by atoms with Crippen molar-refractivity contribution in [1.82, 2.24) is 4.98 Å². The molecule has 0 fully saturated rings. The fourth-order valence-electron chi connectivity index (χ4n) is 1.70. The number of carbonyl (C=O) groups excluding carboxylic acids is 1. The summed E-state index contributed by atoms with van der Waals surface area (Å²) < 4.78 is 23.0. The Bertz CT molecular complexity index is 804. The lowest BCUT2D eigenvalue weighted by atomic mass is 10.2. The number of pyridine rings is 1. The van der Waals surface area contributed by atoms with Crippen molar-refractivity contribution in [3.63, 3.8) is 0 Å². The van der Waals surface area contributed by atoms with E-state index in [0.717, 1.165) is 6.26 Å². The summed E-state index contributed by atoms with van der Waals surface area (Å²) in [6.07, 6.45) is 2.49. The van der Waals surface area contributed by atoms with Crippen molar-refractivity contribution in [1.29, 1.82) is 0 Å². The number of nitrogens with one attached hydrogen (secondary N) is 1. The lowest BCUT2D eigenvalue weighted by Crippen LogP contribution is -2.13. The molecule has 1 heterocycles. The Labute approximate surface area is 127 Å². The lowest BCUT2D eigenvalue weighted by molar-refractivity contribution is 0.102. The molecule has 0 bridgehead atoms. The van der Waals surface area contributed by atoms with Crippen molar-refractivity contribution in [2.75, 3.05) is 11.6 Å². The zero-order valence-electron chi connectivity index (χ0n) is 11.4. The second-order valence-corrected chi connectivity index (χ2v) is 6.98. The number of halogens is 1. The topological polar surface area (TPSA) is 76.1 Å². The van der Waals surface area contributed by atoms with Crippen LogP contribution in [0.25, 0.3) is 0 Å². The van der Waals surface area contributed by atoms with Crippen LogP contribution in [0.15, 0.2) is 41.4 Å². The van der Waals surface area contributed by atoms with Crippen LogP contribution < -0.4 is 5.32 Å². The fraction of sp³-hybridized carbons (Fsp3) is 0.143. The molecule has 0 unspecified atom stereocenters. The van der Waals surface area contributed by atoms with E-state index in [1.165, 1.54) is 18.3 Å². The highest BCUT2D eigenvalue weighted by molar-refractivity contribution is 7.90. The molecule has 21 heavy (non-hydrogen) atoms. The van der Waals surface area contributed by atoms with E-state index in [4.69, 9.17) is 11.6 Å². The Balaban J connectivity index is 2.28. The fourth-order valence-corrected chi connectivity index (χ4v) is 2.66. The molecule has 0 saturated carbocycles. The van der Waals surface area contributed by atoms with Crippen LogP contribution in [0.4, 0.5) is 5.69 Å². The average Bonchev–Trinajstić information content (AvgIpc) is 2.37. The maximum atomic E-state index is 12.1. The Kier molecular flexibility index (Phi) is 4.29. The predicted octanol–water partition coefficient (Wildman–Crippen LogP) is 2.70. The number of aromatic nitrogens is 1. The van der Waals surface area contributed by atoms with Crippen molar-refractivity contribution in [2.45, 2.75) is 11.8 Å². The Hall–Kier alpha value is -1.92. The molecule has 1 N–H and O–H groups in total. The number of hydrogen-bond donors (Lipinski definition) is 1. The Morgan fingerprint density at radius 2 is 2.00 bits per heavy atom. The molecule has 0 radical (unpaired) electrons. The van der Waals surface area contributed by atoms with Gasteiger partial charge in [-0.3, -0.25) is 9.78 Å². The second-order valence-electron chi connectivity index (χ2n) is 4.56. The van der Waals surface area contributed by atoms with Gasteiger partial charge in [0.05, 0.1) is 15.5 Å². The number of sulfone groups is 1. The van der Waals surface area contributed by atoms with Crippen molar-refractivity contribution in [2.24, 2.45) is 0 Å². The number of amides is 1. The van der Waals surface area contributed by atoms with Crippen molar-refractivity contribution >= 4 is 33.0 Å². The SMILES string of the molecule is Cc1cc(Cl)c(C(=O)Nc2cccc(S(C)(=O)=O)c2)cn1. The summed E-state index contributed by atoms with van der Waals surface area (Å²) >= 11 is 6.00. The van der Waals surface area contributed by atoms with E-state index < -0.39 is 15.7 Å². The van der Waals surface area contributed by atoms with Crippen molar-refractivity contribution < 1.29 is 13.2 Å². The van der Waals surface area contributed by atoms with Gasteiger partial charge in [-0.25, -0.2) is 8.42 Å². The largest absolute Gasteiger partial charge is 0.322 e. The van der Waals surface area contributed by atoms with Gasteiger partial charge < -0.3 is 5.32 Å². The first-order valence-corrected chi connectivity index (χ1v) is 8.28. The molecule has 7 heteroatoms. The highest BCUT2D eigenvalue weighted by Crippen LogP contribution is 2.19. The van der Waals surface area contributed by atoms with Crippen LogP contribution in [0.1, 0.15) is 16.1 Å². The monoisotopic (exact) mass is 324 g/mol. The van der Waals surface area contributed by atoms with Gasteiger partial charge in [-0.15, -0.1) is 0 Å². The normalized spacial score (nSPS) is 11.2. The molecule has 110 valence electrons. The van der Waals surface area contributed by atoms with Gasteiger partial charge in [-0.05, 0) is 31.2 Å². The number of aryl methyl sites for hydroxylation is 1. The molecule has 1 aromatic carbocycles. The standard InChI is InChI=1S/C14H13ClN2O3S/c1-9-6-13(15)12(8-16-9)14(18)17-10-4-3-5-11(7-10)21(2,19)20/h3-8H,1-2H3,(H,17,18). The third kappa shape index (κ3) is 3.80. The first-order valence-electron chi connectivity index (χ1n) is 6.01. The van der Waals surface area contributed by atoms with Gasteiger partial charge in [0.25, 0.3) is 5.91 Å². The highest BCUT2D eigenvalue weighted by Gasteiger charge is 2.13.